The van der Waals surface area contributed by atoms with Gasteiger partial charge in [-0.25, -0.2) is 8.78 Å². The number of halogens is 2. The minimum absolute atomic E-state index is 0.160. The van der Waals surface area contributed by atoms with E-state index in [1.807, 2.05) is 19.9 Å². The second-order valence-corrected chi connectivity index (χ2v) is 5.65. The Hall–Kier alpha value is -1.26. The zero-order valence-electron chi connectivity index (χ0n) is 10.2. The molecule has 0 spiro atoms. The van der Waals surface area contributed by atoms with E-state index < -0.39 is 17.7 Å². The Balaban J connectivity index is 2.21. The minimum atomic E-state index is -0.747. The molecule has 1 aromatic carbocycles. The molecule has 4 heteroatoms. The van der Waals surface area contributed by atoms with E-state index in [2.05, 4.69) is 0 Å². The maximum atomic E-state index is 13.5. The van der Waals surface area contributed by atoms with Crippen molar-refractivity contribution in [3.63, 3.8) is 0 Å². The molecule has 0 radical (unpaired) electrons. The molecular weight excluding hydrogens is 254 g/mol. The monoisotopic (exact) mass is 268 g/mol. The van der Waals surface area contributed by atoms with Crippen LogP contribution < -0.4 is 0 Å². The molecule has 1 nitrogen and oxygen atoms in total. The fourth-order valence-corrected chi connectivity index (χ4v) is 3.00. The molecule has 96 valence electrons. The van der Waals surface area contributed by atoms with Crippen molar-refractivity contribution < 1.29 is 13.9 Å². The van der Waals surface area contributed by atoms with E-state index in [0.717, 1.165) is 21.4 Å². The highest BCUT2D eigenvalue weighted by molar-refractivity contribution is 7.12. The van der Waals surface area contributed by atoms with Gasteiger partial charge in [0.1, 0.15) is 11.6 Å². The SMILES string of the molecule is Cc1cc(C)c(C(O)Cc2ccc(F)cc2F)s1. The van der Waals surface area contributed by atoms with Gasteiger partial charge in [0.05, 0.1) is 6.10 Å². The van der Waals surface area contributed by atoms with E-state index in [1.165, 1.54) is 23.5 Å². The van der Waals surface area contributed by atoms with E-state index in [4.69, 9.17) is 0 Å². The molecule has 0 aliphatic rings. The fourth-order valence-electron chi connectivity index (χ4n) is 1.98. The van der Waals surface area contributed by atoms with Crippen LogP contribution >= 0.6 is 11.3 Å². The van der Waals surface area contributed by atoms with E-state index in [-0.39, 0.29) is 6.42 Å². The van der Waals surface area contributed by atoms with Gasteiger partial charge in [0.25, 0.3) is 0 Å². The zero-order chi connectivity index (χ0) is 13.3. The number of hydrogen-bond donors (Lipinski definition) is 1. The van der Waals surface area contributed by atoms with E-state index in [1.54, 1.807) is 0 Å². The van der Waals surface area contributed by atoms with E-state index in [9.17, 15) is 13.9 Å². The Morgan fingerprint density at radius 2 is 1.94 bits per heavy atom. The number of benzene rings is 1. The summed E-state index contributed by atoms with van der Waals surface area (Å²) in [4.78, 5) is 1.96. The highest BCUT2D eigenvalue weighted by Gasteiger charge is 2.16. The van der Waals surface area contributed by atoms with Crippen molar-refractivity contribution in [2.45, 2.75) is 26.4 Å². The van der Waals surface area contributed by atoms with E-state index in [0.29, 0.717) is 5.56 Å². The normalized spacial score (nSPS) is 12.7. The maximum absolute atomic E-state index is 13.5. The summed E-state index contributed by atoms with van der Waals surface area (Å²) >= 11 is 1.50. The van der Waals surface area contributed by atoms with Crippen molar-refractivity contribution in [3.8, 4) is 0 Å². The number of aliphatic hydroxyl groups is 1. The predicted molar refractivity (Wildman–Crippen MR) is 68.8 cm³/mol. The van der Waals surface area contributed by atoms with Crippen LogP contribution in [0.5, 0.6) is 0 Å². The van der Waals surface area contributed by atoms with Crippen molar-refractivity contribution in [3.05, 3.63) is 56.8 Å². The summed E-state index contributed by atoms with van der Waals surface area (Å²) in [6.07, 6.45) is -0.587. The first-order valence-corrected chi connectivity index (χ1v) is 6.48. The number of hydrogen-bond acceptors (Lipinski definition) is 2. The molecule has 0 saturated carbocycles. The summed E-state index contributed by atoms with van der Waals surface area (Å²) in [5.74, 6) is -1.21. The van der Waals surface area contributed by atoms with Gasteiger partial charge in [0.2, 0.25) is 0 Å². The van der Waals surface area contributed by atoms with Crippen molar-refractivity contribution >= 4 is 11.3 Å². The topological polar surface area (TPSA) is 20.2 Å². The lowest BCUT2D eigenvalue weighted by atomic mass is 10.0. The lowest BCUT2D eigenvalue weighted by Crippen LogP contribution is -2.03. The van der Waals surface area contributed by atoms with Crippen LogP contribution in [0.3, 0.4) is 0 Å². The first-order chi connectivity index (χ1) is 8.47. The largest absolute Gasteiger partial charge is 0.387 e. The lowest BCUT2D eigenvalue weighted by molar-refractivity contribution is 0.180. The number of aliphatic hydroxyl groups excluding tert-OH is 1. The highest BCUT2D eigenvalue weighted by Crippen LogP contribution is 2.30. The Labute approximate surface area is 109 Å². The van der Waals surface area contributed by atoms with Crippen LogP contribution in [0.15, 0.2) is 24.3 Å². The van der Waals surface area contributed by atoms with Gasteiger partial charge in [-0.2, -0.15) is 0 Å². The van der Waals surface area contributed by atoms with Gasteiger partial charge < -0.3 is 5.11 Å². The highest BCUT2D eigenvalue weighted by atomic mass is 32.1. The Morgan fingerprint density at radius 3 is 2.50 bits per heavy atom. The molecule has 0 aliphatic carbocycles. The molecule has 0 amide bonds. The van der Waals surface area contributed by atoms with Crippen molar-refractivity contribution in [2.24, 2.45) is 0 Å². The third-order valence-electron chi connectivity index (χ3n) is 2.81. The molecule has 2 rings (SSSR count). The Kier molecular flexibility index (Phi) is 3.78. The molecule has 1 heterocycles. The van der Waals surface area contributed by atoms with Crippen LogP contribution in [0.1, 0.15) is 27.0 Å². The summed E-state index contributed by atoms with van der Waals surface area (Å²) in [7, 11) is 0. The maximum Gasteiger partial charge on any atom is 0.129 e. The lowest BCUT2D eigenvalue weighted by Gasteiger charge is -2.11. The molecule has 18 heavy (non-hydrogen) atoms. The van der Waals surface area contributed by atoms with Crippen LogP contribution in [0.25, 0.3) is 0 Å². The van der Waals surface area contributed by atoms with Crippen molar-refractivity contribution in [2.75, 3.05) is 0 Å². The quantitative estimate of drug-likeness (QED) is 0.894. The Bertz CT molecular complexity index is 563. The number of rotatable bonds is 3. The molecule has 1 atom stereocenters. The van der Waals surface area contributed by atoms with Gasteiger partial charge in [-0.3, -0.25) is 0 Å². The number of thiophene rings is 1. The van der Waals surface area contributed by atoms with Crippen LogP contribution in [-0.4, -0.2) is 5.11 Å². The zero-order valence-corrected chi connectivity index (χ0v) is 11.0. The van der Waals surface area contributed by atoms with Crippen LogP contribution in [-0.2, 0) is 6.42 Å². The standard InChI is InChI=1S/C14H14F2OS/c1-8-5-9(2)18-14(8)13(17)6-10-3-4-11(15)7-12(10)16/h3-5,7,13,17H,6H2,1-2H3. The van der Waals surface area contributed by atoms with Gasteiger partial charge in [0, 0.05) is 22.2 Å². The summed E-state index contributed by atoms with van der Waals surface area (Å²) in [5, 5.41) is 10.1. The molecule has 1 N–H and O–H groups in total. The van der Waals surface area contributed by atoms with Gasteiger partial charge in [-0.05, 0) is 37.1 Å². The second kappa shape index (κ2) is 5.16. The molecule has 0 bridgehead atoms. The van der Waals surface area contributed by atoms with Gasteiger partial charge in [-0.1, -0.05) is 6.07 Å². The number of aryl methyl sites for hydroxylation is 2. The molecule has 0 aliphatic heterocycles. The fraction of sp³-hybridized carbons (Fsp3) is 0.286. The molecule has 1 aromatic heterocycles. The predicted octanol–water partition coefficient (Wildman–Crippen LogP) is 3.92. The van der Waals surface area contributed by atoms with E-state index >= 15 is 0 Å². The van der Waals surface area contributed by atoms with Crippen LogP contribution in [0.2, 0.25) is 0 Å². The van der Waals surface area contributed by atoms with Crippen LogP contribution in [0.4, 0.5) is 8.78 Å². The van der Waals surface area contributed by atoms with Crippen LogP contribution in [0, 0.1) is 25.5 Å². The third-order valence-corrected chi connectivity index (χ3v) is 4.06. The minimum Gasteiger partial charge on any atom is -0.387 e. The smallest absolute Gasteiger partial charge is 0.129 e. The third kappa shape index (κ3) is 2.76. The van der Waals surface area contributed by atoms with Crippen molar-refractivity contribution in [1.82, 2.24) is 0 Å². The Morgan fingerprint density at radius 1 is 1.22 bits per heavy atom. The second-order valence-electron chi connectivity index (χ2n) is 4.36. The van der Waals surface area contributed by atoms with Gasteiger partial charge in [-0.15, -0.1) is 11.3 Å². The summed E-state index contributed by atoms with van der Waals surface area (Å²) in [6.45, 7) is 3.88. The molecule has 2 aromatic rings. The molecular formula is C14H14F2OS. The molecule has 0 saturated heterocycles. The first-order valence-electron chi connectivity index (χ1n) is 5.66. The van der Waals surface area contributed by atoms with Gasteiger partial charge >= 0.3 is 0 Å². The average Bonchev–Trinajstić information content (AvgIpc) is 2.62. The average molecular weight is 268 g/mol. The first kappa shape index (κ1) is 13.2. The van der Waals surface area contributed by atoms with Gasteiger partial charge in [0.15, 0.2) is 0 Å². The molecule has 0 fully saturated rings. The van der Waals surface area contributed by atoms with Crippen molar-refractivity contribution in [1.29, 1.82) is 0 Å². The molecule has 1 unspecified atom stereocenters. The summed E-state index contributed by atoms with van der Waals surface area (Å²) in [6, 6.07) is 5.42. The summed E-state index contributed by atoms with van der Waals surface area (Å²) in [5.41, 5.74) is 1.34. The summed E-state index contributed by atoms with van der Waals surface area (Å²) < 4.78 is 26.3.